The molecule has 4 amide bonds. The topological polar surface area (TPSA) is 85.9 Å². The molecule has 1 aromatic carbocycles. The molecule has 0 unspecified atom stereocenters. The first-order valence-corrected chi connectivity index (χ1v) is 10.1. The summed E-state index contributed by atoms with van der Waals surface area (Å²) in [7, 11) is 0. The molecule has 1 aromatic heterocycles. The van der Waals surface area contributed by atoms with Crippen LogP contribution < -0.4 is 10.2 Å². The maximum absolute atomic E-state index is 12.8. The Morgan fingerprint density at radius 3 is 2.61 bits per heavy atom. The van der Waals surface area contributed by atoms with Crippen LogP contribution in [0.25, 0.3) is 0 Å². The zero-order valence-electron chi connectivity index (χ0n) is 15.3. The molecule has 9 heteroatoms. The van der Waals surface area contributed by atoms with Gasteiger partial charge < -0.3 is 10.2 Å². The van der Waals surface area contributed by atoms with Gasteiger partial charge in [-0.25, -0.2) is 14.7 Å². The van der Waals surface area contributed by atoms with Crippen molar-refractivity contribution in [2.75, 3.05) is 36.4 Å². The van der Waals surface area contributed by atoms with Gasteiger partial charge in [-0.15, -0.1) is 11.3 Å². The lowest BCUT2D eigenvalue weighted by Crippen LogP contribution is -2.48. The molecule has 4 rings (SSSR count). The normalized spacial score (nSPS) is 18.7. The van der Waals surface area contributed by atoms with Gasteiger partial charge >= 0.3 is 6.03 Å². The zero-order chi connectivity index (χ0) is 19.5. The molecule has 2 aliphatic rings. The number of piperidine rings is 1. The summed E-state index contributed by atoms with van der Waals surface area (Å²) in [5, 5.41) is 5.20. The number of anilines is 2. The van der Waals surface area contributed by atoms with Crippen molar-refractivity contribution in [2.24, 2.45) is 0 Å². The number of nitrogens with zero attached hydrogens (tertiary/aromatic N) is 4. The maximum Gasteiger partial charge on any atom is 0.332 e. The maximum atomic E-state index is 12.8. The number of hydrogen-bond donors (Lipinski definition) is 1. The molecule has 28 heavy (non-hydrogen) atoms. The van der Waals surface area contributed by atoms with E-state index in [0.717, 1.165) is 12.8 Å². The van der Waals surface area contributed by atoms with Crippen LogP contribution in [0, 0.1) is 0 Å². The molecule has 0 aliphatic carbocycles. The average molecular weight is 399 g/mol. The number of thiazole rings is 1. The summed E-state index contributed by atoms with van der Waals surface area (Å²) in [6.07, 6.45) is 3.14. The van der Waals surface area contributed by atoms with Crippen molar-refractivity contribution < 1.29 is 14.4 Å². The van der Waals surface area contributed by atoms with Crippen LogP contribution in [0.1, 0.15) is 12.8 Å². The summed E-state index contributed by atoms with van der Waals surface area (Å²) in [5.74, 6) is -0.280. The number of likely N-dealkylation sites (tertiary alicyclic amines) is 1. The predicted molar refractivity (Wildman–Crippen MR) is 106 cm³/mol. The Hall–Kier alpha value is -2.78. The molecule has 2 fully saturated rings. The molecular formula is C19H21N5O3S. The highest BCUT2D eigenvalue weighted by molar-refractivity contribution is 7.13. The van der Waals surface area contributed by atoms with Crippen LogP contribution in [0.2, 0.25) is 0 Å². The Bertz CT molecular complexity index is 850. The standard InChI is InChI=1S/C19H21N5O3S/c25-16(21-18-20-8-11-28-18)12-22-9-6-14(7-10-22)23-13-17(26)24(19(23)27)15-4-2-1-3-5-15/h1-5,8,11,14H,6-7,9-10,12-13H2,(H,20,21,25). The number of hydrogen-bond acceptors (Lipinski definition) is 6. The third-order valence-electron chi connectivity index (χ3n) is 5.05. The summed E-state index contributed by atoms with van der Waals surface area (Å²) in [4.78, 5) is 46.3. The van der Waals surface area contributed by atoms with E-state index in [4.69, 9.17) is 0 Å². The van der Waals surface area contributed by atoms with Crippen molar-refractivity contribution in [1.82, 2.24) is 14.8 Å². The number of imide groups is 1. The average Bonchev–Trinajstić information content (AvgIpc) is 3.30. The van der Waals surface area contributed by atoms with Gasteiger partial charge in [-0.3, -0.25) is 14.5 Å². The fourth-order valence-corrected chi connectivity index (χ4v) is 4.22. The number of rotatable bonds is 5. The van der Waals surface area contributed by atoms with E-state index in [1.807, 2.05) is 23.6 Å². The summed E-state index contributed by atoms with van der Waals surface area (Å²) >= 11 is 1.39. The van der Waals surface area contributed by atoms with Gasteiger partial charge in [0.25, 0.3) is 5.91 Å². The van der Waals surface area contributed by atoms with E-state index in [0.29, 0.717) is 30.5 Å². The van der Waals surface area contributed by atoms with Crippen LogP contribution in [0.3, 0.4) is 0 Å². The van der Waals surface area contributed by atoms with Crippen LogP contribution in [-0.2, 0) is 9.59 Å². The lowest BCUT2D eigenvalue weighted by Gasteiger charge is -2.35. The lowest BCUT2D eigenvalue weighted by molar-refractivity contribution is -0.117. The van der Waals surface area contributed by atoms with Gasteiger partial charge in [0.2, 0.25) is 5.91 Å². The summed E-state index contributed by atoms with van der Waals surface area (Å²) in [6, 6.07) is 8.78. The van der Waals surface area contributed by atoms with Crippen LogP contribution in [0.4, 0.5) is 15.6 Å². The van der Waals surface area contributed by atoms with Gasteiger partial charge in [-0.2, -0.15) is 0 Å². The van der Waals surface area contributed by atoms with Gasteiger partial charge in [-0.1, -0.05) is 18.2 Å². The van der Waals surface area contributed by atoms with E-state index in [2.05, 4.69) is 15.2 Å². The van der Waals surface area contributed by atoms with E-state index in [1.54, 1.807) is 23.2 Å². The van der Waals surface area contributed by atoms with Crippen LogP contribution >= 0.6 is 11.3 Å². The lowest BCUT2D eigenvalue weighted by atomic mass is 10.0. The van der Waals surface area contributed by atoms with Gasteiger partial charge in [0.05, 0.1) is 12.2 Å². The number of aromatic nitrogens is 1. The predicted octanol–water partition coefficient (Wildman–Crippen LogP) is 2.01. The van der Waals surface area contributed by atoms with E-state index < -0.39 is 0 Å². The Morgan fingerprint density at radius 1 is 1.18 bits per heavy atom. The Morgan fingerprint density at radius 2 is 1.93 bits per heavy atom. The van der Waals surface area contributed by atoms with Crippen molar-refractivity contribution in [3.8, 4) is 0 Å². The number of para-hydroxylation sites is 1. The second-order valence-electron chi connectivity index (χ2n) is 6.87. The van der Waals surface area contributed by atoms with Crippen LogP contribution in [-0.4, -0.2) is 64.9 Å². The highest BCUT2D eigenvalue weighted by Gasteiger charge is 2.41. The van der Waals surface area contributed by atoms with Crippen molar-refractivity contribution in [1.29, 1.82) is 0 Å². The number of benzene rings is 1. The minimum absolute atomic E-state index is 0.0171. The quantitative estimate of drug-likeness (QED) is 0.778. The number of carbonyl (C=O) groups is 3. The molecule has 3 heterocycles. The van der Waals surface area contributed by atoms with Gasteiger partial charge in [0.1, 0.15) is 6.54 Å². The molecule has 0 saturated carbocycles. The molecule has 2 saturated heterocycles. The molecule has 0 spiro atoms. The van der Waals surface area contributed by atoms with Gasteiger partial charge in [-0.05, 0) is 25.0 Å². The summed E-state index contributed by atoms with van der Waals surface area (Å²) in [5.41, 5.74) is 0.608. The second-order valence-corrected chi connectivity index (χ2v) is 7.76. The Balaban J connectivity index is 1.31. The molecule has 0 bridgehead atoms. The minimum atomic E-state index is -0.254. The van der Waals surface area contributed by atoms with E-state index in [-0.39, 0.29) is 30.4 Å². The first kappa shape index (κ1) is 18.6. The highest BCUT2D eigenvalue weighted by atomic mass is 32.1. The van der Waals surface area contributed by atoms with Crippen LogP contribution in [0.5, 0.6) is 0 Å². The minimum Gasteiger partial charge on any atom is -0.312 e. The number of nitrogens with one attached hydrogen (secondary N) is 1. The number of carbonyl (C=O) groups excluding carboxylic acids is 3. The van der Waals surface area contributed by atoms with E-state index in [9.17, 15) is 14.4 Å². The fourth-order valence-electron chi connectivity index (χ4n) is 3.67. The fraction of sp³-hybridized carbons (Fsp3) is 0.368. The molecule has 2 aromatic rings. The first-order chi connectivity index (χ1) is 13.6. The van der Waals surface area contributed by atoms with Crippen LogP contribution in [0.15, 0.2) is 41.9 Å². The van der Waals surface area contributed by atoms with Crippen molar-refractivity contribution in [3.05, 3.63) is 41.9 Å². The summed E-state index contributed by atoms with van der Waals surface area (Å²) < 4.78 is 0. The largest absolute Gasteiger partial charge is 0.332 e. The van der Waals surface area contributed by atoms with Crippen molar-refractivity contribution in [2.45, 2.75) is 18.9 Å². The zero-order valence-corrected chi connectivity index (χ0v) is 16.1. The highest BCUT2D eigenvalue weighted by Crippen LogP contribution is 2.26. The smallest absolute Gasteiger partial charge is 0.312 e. The Labute approximate surface area is 166 Å². The second kappa shape index (κ2) is 8.07. The monoisotopic (exact) mass is 399 g/mol. The van der Waals surface area contributed by atoms with Gasteiger partial charge in [0, 0.05) is 30.7 Å². The SMILES string of the molecule is O=C(CN1CCC(N2CC(=O)N(c3ccccc3)C2=O)CC1)Nc1nccs1. The molecule has 8 nitrogen and oxygen atoms in total. The Kier molecular flexibility index (Phi) is 5.36. The van der Waals surface area contributed by atoms with Gasteiger partial charge in [0.15, 0.2) is 5.13 Å². The molecule has 2 aliphatic heterocycles. The summed E-state index contributed by atoms with van der Waals surface area (Å²) in [6.45, 7) is 1.83. The molecule has 0 radical (unpaired) electrons. The van der Waals surface area contributed by atoms with E-state index in [1.165, 1.54) is 16.2 Å². The van der Waals surface area contributed by atoms with Crippen molar-refractivity contribution in [3.63, 3.8) is 0 Å². The van der Waals surface area contributed by atoms with E-state index >= 15 is 0 Å². The number of amides is 4. The third-order valence-corrected chi connectivity index (χ3v) is 5.74. The van der Waals surface area contributed by atoms with Crippen molar-refractivity contribution >= 4 is 40.0 Å². The molecule has 0 atom stereocenters. The molecule has 1 N–H and O–H groups in total. The molecule has 146 valence electrons. The first-order valence-electron chi connectivity index (χ1n) is 9.22. The number of urea groups is 1. The third kappa shape index (κ3) is 3.90. The molecular weight excluding hydrogens is 378 g/mol.